The predicted octanol–water partition coefficient (Wildman–Crippen LogP) is 2.56. The largest absolute Gasteiger partial charge is 0.479 e. The van der Waals surface area contributed by atoms with Crippen molar-refractivity contribution in [3.8, 4) is 0 Å². The Labute approximate surface area is 152 Å². The summed E-state index contributed by atoms with van der Waals surface area (Å²) in [5.74, 6) is -2.66. The number of amides is 1. The van der Waals surface area contributed by atoms with E-state index in [1.807, 2.05) is 0 Å². The number of carboxylic acid groups (broad SMARTS) is 1. The predicted molar refractivity (Wildman–Crippen MR) is 88.4 cm³/mol. The number of aliphatic carboxylic acids is 1. The molecule has 1 aliphatic heterocycles. The number of rotatable bonds is 3. The van der Waals surface area contributed by atoms with E-state index in [0.29, 0.717) is 0 Å². The number of morpholine rings is 1. The third-order valence-corrected chi connectivity index (χ3v) is 4.34. The summed E-state index contributed by atoms with van der Waals surface area (Å²) in [6, 6.07) is 3.69. The van der Waals surface area contributed by atoms with Crippen molar-refractivity contribution >= 4 is 22.9 Å². The number of benzene rings is 1. The van der Waals surface area contributed by atoms with Crippen LogP contribution in [0.5, 0.6) is 0 Å². The molecule has 10 heteroatoms. The first-order valence-corrected chi connectivity index (χ1v) is 8.32. The van der Waals surface area contributed by atoms with Crippen LogP contribution in [0.1, 0.15) is 36.1 Å². The Morgan fingerprint density at radius 2 is 2.04 bits per heavy atom. The van der Waals surface area contributed by atoms with Gasteiger partial charge in [0.2, 0.25) is 5.82 Å². The van der Waals surface area contributed by atoms with Gasteiger partial charge in [0, 0.05) is 18.2 Å². The first-order valence-electron chi connectivity index (χ1n) is 8.32. The summed E-state index contributed by atoms with van der Waals surface area (Å²) in [5.41, 5.74) is 0.486. The molecule has 1 atom stereocenters. The quantitative estimate of drug-likeness (QED) is 0.878. The molecule has 27 heavy (non-hydrogen) atoms. The van der Waals surface area contributed by atoms with Gasteiger partial charge < -0.3 is 19.3 Å². The number of ether oxygens (including phenoxy) is 1. The minimum Gasteiger partial charge on any atom is -0.479 e. The molecular weight excluding hydrogens is 367 g/mol. The zero-order valence-electron chi connectivity index (χ0n) is 14.7. The lowest BCUT2D eigenvalue weighted by Gasteiger charge is -2.30. The average molecular weight is 385 g/mol. The van der Waals surface area contributed by atoms with Crippen LogP contribution in [0.2, 0.25) is 0 Å². The molecule has 1 saturated heterocycles. The van der Waals surface area contributed by atoms with Crippen LogP contribution in [-0.2, 0) is 15.7 Å². The summed E-state index contributed by atoms with van der Waals surface area (Å²) in [6.07, 6.45) is -5.74. The third-order valence-electron chi connectivity index (χ3n) is 4.34. The summed E-state index contributed by atoms with van der Waals surface area (Å²) in [6.45, 7) is 3.39. The van der Waals surface area contributed by atoms with Crippen LogP contribution in [0.3, 0.4) is 0 Å². The van der Waals surface area contributed by atoms with E-state index in [1.165, 1.54) is 23.1 Å². The smallest absolute Gasteiger partial charge is 0.449 e. The number of carbonyl (C=O) groups excluding carboxylic acids is 1. The van der Waals surface area contributed by atoms with Gasteiger partial charge in [-0.2, -0.15) is 13.2 Å². The Kier molecular flexibility index (Phi) is 4.85. The van der Waals surface area contributed by atoms with Crippen molar-refractivity contribution in [2.24, 2.45) is 0 Å². The van der Waals surface area contributed by atoms with Crippen molar-refractivity contribution < 1.29 is 32.6 Å². The van der Waals surface area contributed by atoms with E-state index >= 15 is 0 Å². The monoisotopic (exact) mass is 385 g/mol. The molecule has 0 aliphatic carbocycles. The van der Waals surface area contributed by atoms with Gasteiger partial charge in [-0.1, -0.05) is 0 Å². The van der Waals surface area contributed by atoms with E-state index in [2.05, 4.69) is 4.98 Å². The van der Waals surface area contributed by atoms with Gasteiger partial charge in [0.1, 0.15) is 0 Å². The van der Waals surface area contributed by atoms with Crippen molar-refractivity contribution in [1.82, 2.24) is 14.5 Å². The van der Waals surface area contributed by atoms with Crippen LogP contribution < -0.4 is 0 Å². The molecule has 1 aliphatic rings. The highest BCUT2D eigenvalue weighted by Gasteiger charge is 2.38. The minimum atomic E-state index is -4.62. The molecule has 1 amide bonds. The summed E-state index contributed by atoms with van der Waals surface area (Å²) in [7, 11) is 0. The highest BCUT2D eigenvalue weighted by atomic mass is 19.4. The number of alkyl halides is 3. The van der Waals surface area contributed by atoms with Gasteiger partial charge in [0.05, 0.1) is 24.2 Å². The Morgan fingerprint density at radius 1 is 1.33 bits per heavy atom. The molecule has 0 saturated carbocycles. The molecule has 3 rings (SSSR count). The van der Waals surface area contributed by atoms with Crippen molar-refractivity contribution in [3.63, 3.8) is 0 Å². The molecular formula is C17H18F3N3O4. The van der Waals surface area contributed by atoms with E-state index in [1.54, 1.807) is 13.8 Å². The molecule has 0 bridgehead atoms. The van der Waals surface area contributed by atoms with E-state index in [-0.39, 0.29) is 36.3 Å². The summed E-state index contributed by atoms with van der Waals surface area (Å²) in [5, 5.41) is 9.03. The zero-order valence-corrected chi connectivity index (χ0v) is 14.7. The number of halogens is 3. The maximum Gasteiger partial charge on any atom is 0.449 e. The molecule has 1 fully saturated rings. The summed E-state index contributed by atoms with van der Waals surface area (Å²) < 4.78 is 46.0. The molecule has 1 N–H and O–H groups in total. The third kappa shape index (κ3) is 3.61. The van der Waals surface area contributed by atoms with Crippen molar-refractivity contribution in [2.75, 3.05) is 19.7 Å². The lowest BCUT2D eigenvalue weighted by atomic mass is 10.1. The van der Waals surface area contributed by atoms with Crippen LogP contribution in [0.4, 0.5) is 13.2 Å². The zero-order chi connectivity index (χ0) is 19.9. The molecule has 2 heterocycles. The van der Waals surface area contributed by atoms with Crippen molar-refractivity contribution in [1.29, 1.82) is 0 Å². The van der Waals surface area contributed by atoms with Crippen molar-refractivity contribution in [3.05, 3.63) is 29.6 Å². The second kappa shape index (κ2) is 6.84. The fourth-order valence-electron chi connectivity index (χ4n) is 3.12. The molecule has 1 aromatic carbocycles. The van der Waals surface area contributed by atoms with Gasteiger partial charge in [-0.15, -0.1) is 0 Å². The van der Waals surface area contributed by atoms with Crippen molar-refractivity contribution in [2.45, 2.75) is 32.2 Å². The summed E-state index contributed by atoms with van der Waals surface area (Å²) in [4.78, 5) is 28.7. The molecule has 2 aromatic rings. The molecule has 1 unspecified atom stereocenters. The number of fused-ring (bicyclic) bond motifs is 1. The standard InChI is InChI=1S/C17H18F3N3O4/c1-9(2)23-12-4-3-10(7-11(12)21-16(23)17(18,19)20)14(24)22-5-6-27-13(8-22)15(25)26/h3-4,7,9,13H,5-6,8H2,1-2H3,(H,25,26). The molecule has 7 nitrogen and oxygen atoms in total. The number of hydrogen-bond acceptors (Lipinski definition) is 4. The molecule has 146 valence electrons. The number of nitrogens with zero attached hydrogens (tertiary/aromatic N) is 3. The number of carbonyl (C=O) groups is 2. The molecule has 0 radical (unpaired) electrons. The van der Waals surface area contributed by atoms with Crippen LogP contribution in [0, 0.1) is 0 Å². The Bertz CT molecular complexity index is 891. The Balaban J connectivity index is 1.97. The highest BCUT2D eigenvalue weighted by Crippen LogP contribution is 2.34. The van der Waals surface area contributed by atoms with Crippen LogP contribution in [-0.4, -0.2) is 57.2 Å². The Morgan fingerprint density at radius 3 is 2.63 bits per heavy atom. The first-order chi connectivity index (χ1) is 12.6. The van der Waals surface area contributed by atoms with E-state index in [4.69, 9.17) is 9.84 Å². The SMILES string of the molecule is CC(C)n1c(C(F)(F)F)nc2cc(C(=O)N3CCOC(C(=O)O)C3)ccc21. The second-order valence-electron chi connectivity index (χ2n) is 6.55. The van der Waals surface area contributed by atoms with Gasteiger partial charge in [-0.05, 0) is 32.0 Å². The van der Waals surface area contributed by atoms with Crippen LogP contribution >= 0.6 is 0 Å². The number of hydrogen-bond donors (Lipinski definition) is 1. The van der Waals surface area contributed by atoms with Gasteiger partial charge in [-0.25, -0.2) is 9.78 Å². The van der Waals surface area contributed by atoms with Gasteiger partial charge in [0.25, 0.3) is 5.91 Å². The minimum absolute atomic E-state index is 0.0601. The van der Waals surface area contributed by atoms with E-state index in [9.17, 15) is 22.8 Å². The Hall–Kier alpha value is -2.62. The first kappa shape index (κ1) is 19.2. The lowest BCUT2D eigenvalue weighted by Crippen LogP contribution is -2.48. The number of carboxylic acids is 1. The second-order valence-corrected chi connectivity index (χ2v) is 6.55. The van der Waals surface area contributed by atoms with E-state index < -0.39 is 36.0 Å². The summed E-state index contributed by atoms with van der Waals surface area (Å²) >= 11 is 0. The maximum atomic E-state index is 13.3. The normalized spacial score (nSPS) is 18.3. The van der Waals surface area contributed by atoms with Gasteiger partial charge >= 0.3 is 12.1 Å². The highest BCUT2D eigenvalue weighted by molar-refractivity contribution is 5.97. The number of imidazole rings is 1. The average Bonchev–Trinajstić information content (AvgIpc) is 3.00. The lowest BCUT2D eigenvalue weighted by molar-refractivity contribution is -0.154. The molecule has 1 aromatic heterocycles. The topological polar surface area (TPSA) is 84.7 Å². The molecule has 0 spiro atoms. The van der Waals surface area contributed by atoms with E-state index in [0.717, 1.165) is 4.57 Å². The maximum absolute atomic E-state index is 13.3. The van der Waals surface area contributed by atoms with Gasteiger partial charge in [-0.3, -0.25) is 4.79 Å². The fourth-order valence-corrected chi connectivity index (χ4v) is 3.12. The van der Waals surface area contributed by atoms with Crippen LogP contribution in [0.25, 0.3) is 11.0 Å². The fraction of sp³-hybridized carbons (Fsp3) is 0.471. The van der Waals surface area contributed by atoms with Gasteiger partial charge in [0.15, 0.2) is 6.10 Å². The van der Waals surface area contributed by atoms with Crippen LogP contribution in [0.15, 0.2) is 18.2 Å². The number of aromatic nitrogens is 2.